The first-order chi connectivity index (χ1) is 12.6. The molecule has 10 heteroatoms. The van der Waals surface area contributed by atoms with Gasteiger partial charge in [0.25, 0.3) is 5.91 Å². The highest BCUT2D eigenvalue weighted by Gasteiger charge is 2.21. The molecule has 9 nitrogen and oxygen atoms in total. The van der Waals surface area contributed by atoms with E-state index in [1.807, 2.05) is 0 Å². The molecule has 0 saturated carbocycles. The summed E-state index contributed by atoms with van der Waals surface area (Å²) in [4.78, 5) is 22.8. The SMILES string of the molecule is C[C@H](Oc1ccccc1[N+](=O)[O-])C(=O)Nc1ccc(S(=O)(=O)N(C)C)cc1. The van der Waals surface area contributed by atoms with Crippen LogP contribution in [0.4, 0.5) is 11.4 Å². The van der Waals surface area contributed by atoms with Gasteiger partial charge in [-0.1, -0.05) is 12.1 Å². The highest BCUT2D eigenvalue weighted by molar-refractivity contribution is 7.89. The number of carbonyl (C=O) groups excluding carboxylic acids is 1. The molecule has 1 N–H and O–H groups in total. The number of nitrogens with one attached hydrogen (secondary N) is 1. The van der Waals surface area contributed by atoms with Crippen molar-refractivity contribution in [2.24, 2.45) is 0 Å². The lowest BCUT2D eigenvalue weighted by Crippen LogP contribution is -2.30. The molecule has 0 unspecified atom stereocenters. The highest BCUT2D eigenvalue weighted by Crippen LogP contribution is 2.27. The van der Waals surface area contributed by atoms with Crippen LogP contribution in [0, 0.1) is 10.1 Å². The van der Waals surface area contributed by atoms with Crippen molar-refractivity contribution in [3.8, 4) is 5.75 Å². The number of hydrogen-bond donors (Lipinski definition) is 1. The summed E-state index contributed by atoms with van der Waals surface area (Å²) < 4.78 is 30.5. The largest absolute Gasteiger partial charge is 0.474 e. The molecule has 2 aromatic rings. The molecule has 0 aromatic heterocycles. The fourth-order valence-electron chi connectivity index (χ4n) is 2.12. The molecule has 1 amide bonds. The number of nitrogens with zero attached hydrogens (tertiary/aromatic N) is 2. The Morgan fingerprint density at radius 3 is 2.30 bits per heavy atom. The van der Waals surface area contributed by atoms with E-state index in [-0.39, 0.29) is 16.3 Å². The lowest BCUT2D eigenvalue weighted by Gasteiger charge is -2.15. The maximum absolute atomic E-state index is 12.3. The molecule has 0 spiro atoms. The van der Waals surface area contributed by atoms with Gasteiger partial charge in [-0.15, -0.1) is 0 Å². The van der Waals surface area contributed by atoms with E-state index in [1.165, 1.54) is 63.5 Å². The predicted octanol–water partition coefficient (Wildman–Crippen LogP) is 2.25. The highest BCUT2D eigenvalue weighted by atomic mass is 32.2. The van der Waals surface area contributed by atoms with Gasteiger partial charge in [-0.3, -0.25) is 14.9 Å². The van der Waals surface area contributed by atoms with Crippen LogP contribution in [0.25, 0.3) is 0 Å². The molecule has 27 heavy (non-hydrogen) atoms. The number of benzene rings is 2. The molecule has 0 saturated heterocycles. The van der Waals surface area contributed by atoms with E-state index in [9.17, 15) is 23.3 Å². The van der Waals surface area contributed by atoms with Crippen LogP contribution in [0.3, 0.4) is 0 Å². The molecule has 1 atom stereocenters. The summed E-state index contributed by atoms with van der Waals surface area (Å²) in [5.74, 6) is -0.547. The van der Waals surface area contributed by atoms with Gasteiger partial charge in [0.05, 0.1) is 9.82 Å². The van der Waals surface area contributed by atoms with E-state index in [4.69, 9.17) is 4.74 Å². The van der Waals surface area contributed by atoms with Crippen LogP contribution < -0.4 is 10.1 Å². The zero-order chi connectivity index (χ0) is 20.2. The summed E-state index contributed by atoms with van der Waals surface area (Å²) in [6, 6.07) is 11.4. The van der Waals surface area contributed by atoms with Crippen molar-refractivity contribution in [1.29, 1.82) is 0 Å². The van der Waals surface area contributed by atoms with Gasteiger partial charge in [-0.2, -0.15) is 0 Å². The van der Waals surface area contributed by atoms with Crippen molar-refractivity contribution < 1.29 is 22.9 Å². The first kappa shape index (κ1) is 20.3. The number of carbonyl (C=O) groups is 1. The van der Waals surface area contributed by atoms with Gasteiger partial charge >= 0.3 is 5.69 Å². The molecule has 0 bridgehead atoms. The lowest BCUT2D eigenvalue weighted by molar-refractivity contribution is -0.386. The molecule has 0 fully saturated rings. The molecular weight excluding hydrogens is 374 g/mol. The van der Waals surface area contributed by atoms with Crippen molar-refractivity contribution in [2.75, 3.05) is 19.4 Å². The summed E-state index contributed by atoms with van der Waals surface area (Å²) in [6.45, 7) is 1.46. The third-order valence-corrected chi connectivity index (χ3v) is 5.46. The van der Waals surface area contributed by atoms with E-state index in [2.05, 4.69) is 5.32 Å². The van der Waals surface area contributed by atoms with Crippen LogP contribution in [-0.2, 0) is 14.8 Å². The van der Waals surface area contributed by atoms with Gasteiger partial charge in [0, 0.05) is 25.8 Å². The van der Waals surface area contributed by atoms with E-state index < -0.39 is 27.0 Å². The minimum absolute atomic E-state index is 0.0161. The Bertz CT molecular complexity index is 941. The topological polar surface area (TPSA) is 119 Å². The van der Waals surface area contributed by atoms with Crippen LogP contribution in [0.5, 0.6) is 5.75 Å². The number of ether oxygens (including phenoxy) is 1. The Hall–Kier alpha value is -2.98. The molecule has 2 rings (SSSR count). The number of amides is 1. The Morgan fingerprint density at radius 1 is 1.15 bits per heavy atom. The molecule has 0 radical (unpaired) electrons. The number of hydrogen-bond acceptors (Lipinski definition) is 6. The maximum atomic E-state index is 12.3. The van der Waals surface area contributed by atoms with Gasteiger partial charge in [0.1, 0.15) is 0 Å². The fourth-order valence-corrected chi connectivity index (χ4v) is 3.02. The number of nitro groups is 1. The summed E-state index contributed by atoms with van der Waals surface area (Å²) in [7, 11) is -0.713. The van der Waals surface area contributed by atoms with Crippen molar-refractivity contribution in [3.05, 3.63) is 58.6 Å². The quantitative estimate of drug-likeness (QED) is 0.569. The second kappa shape index (κ2) is 8.14. The number of rotatable bonds is 7. The van der Waals surface area contributed by atoms with Crippen LogP contribution in [0.15, 0.2) is 53.4 Å². The second-order valence-electron chi connectivity index (χ2n) is 5.79. The molecule has 0 aliphatic rings. The normalized spacial score (nSPS) is 12.4. The predicted molar refractivity (Wildman–Crippen MR) is 99.1 cm³/mol. The first-order valence-corrected chi connectivity index (χ1v) is 9.30. The number of para-hydroxylation sites is 2. The van der Waals surface area contributed by atoms with Crippen LogP contribution in [0.1, 0.15) is 6.92 Å². The average molecular weight is 393 g/mol. The Labute approximate surface area is 156 Å². The van der Waals surface area contributed by atoms with Crippen molar-refractivity contribution in [1.82, 2.24) is 4.31 Å². The van der Waals surface area contributed by atoms with E-state index >= 15 is 0 Å². The third-order valence-electron chi connectivity index (χ3n) is 3.64. The molecule has 0 heterocycles. The van der Waals surface area contributed by atoms with Gasteiger partial charge < -0.3 is 10.1 Å². The second-order valence-corrected chi connectivity index (χ2v) is 7.94. The van der Waals surface area contributed by atoms with Crippen molar-refractivity contribution in [3.63, 3.8) is 0 Å². The first-order valence-electron chi connectivity index (χ1n) is 7.86. The number of nitro benzene ring substituents is 1. The molecule has 0 aliphatic carbocycles. The number of sulfonamides is 1. The number of anilines is 1. The standard InChI is InChI=1S/C17H19N3O6S/c1-12(26-16-7-5-4-6-15(16)20(22)23)17(21)18-13-8-10-14(11-9-13)27(24,25)19(2)3/h4-12H,1-3H3,(H,18,21)/t12-/m0/s1. The molecule has 144 valence electrons. The summed E-state index contributed by atoms with van der Waals surface area (Å²) in [5.41, 5.74) is 0.131. The smallest absolute Gasteiger partial charge is 0.310 e. The van der Waals surface area contributed by atoms with Crippen molar-refractivity contribution in [2.45, 2.75) is 17.9 Å². The van der Waals surface area contributed by atoms with Crippen LogP contribution >= 0.6 is 0 Å². The van der Waals surface area contributed by atoms with E-state index in [0.29, 0.717) is 5.69 Å². The van der Waals surface area contributed by atoms with Gasteiger partial charge in [-0.05, 0) is 37.3 Å². The maximum Gasteiger partial charge on any atom is 0.310 e. The molecular formula is C17H19N3O6S. The zero-order valence-electron chi connectivity index (χ0n) is 14.9. The zero-order valence-corrected chi connectivity index (χ0v) is 15.8. The van der Waals surface area contributed by atoms with Gasteiger partial charge in [0.15, 0.2) is 11.9 Å². The molecule has 0 aliphatic heterocycles. The minimum Gasteiger partial charge on any atom is -0.474 e. The van der Waals surface area contributed by atoms with Gasteiger partial charge in [0.2, 0.25) is 10.0 Å². The third kappa shape index (κ3) is 4.80. The summed E-state index contributed by atoms with van der Waals surface area (Å²) in [5, 5.41) is 13.6. The monoisotopic (exact) mass is 393 g/mol. The Kier molecular flexibility index (Phi) is 6.13. The Morgan fingerprint density at radius 2 is 1.74 bits per heavy atom. The van der Waals surface area contributed by atoms with Crippen LogP contribution in [0.2, 0.25) is 0 Å². The van der Waals surface area contributed by atoms with E-state index in [0.717, 1.165) is 4.31 Å². The Balaban J connectivity index is 2.08. The molecule has 2 aromatic carbocycles. The summed E-state index contributed by atoms with van der Waals surface area (Å²) >= 11 is 0. The fraction of sp³-hybridized carbons (Fsp3) is 0.235. The van der Waals surface area contributed by atoms with E-state index in [1.54, 1.807) is 6.07 Å². The minimum atomic E-state index is -3.56. The average Bonchev–Trinajstić information content (AvgIpc) is 2.62. The van der Waals surface area contributed by atoms with Crippen molar-refractivity contribution >= 4 is 27.3 Å². The van der Waals surface area contributed by atoms with Crippen LogP contribution in [-0.4, -0.2) is 43.8 Å². The van der Waals surface area contributed by atoms with Gasteiger partial charge in [-0.25, -0.2) is 12.7 Å². The summed E-state index contributed by atoms with van der Waals surface area (Å²) in [6.07, 6.45) is -1.00. The lowest BCUT2D eigenvalue weighted by atomic mass is 10.2.